The SMILES string of the molecule is CN(C)Cc1nnc(C(=O)N(C)Cc2nccn2C)o1. The van der Waals surface area contributed by atoms with Crippen molar-refractivity contribution in [3.8, 4) is 0 Å². The van der Waals surface area contributed by atoms with Crippen LogP contribution in [-0.4, -0.2) is 56.6 Å². The Bertz CT molecular complexity index is 588. The van der Waals surface area contributed by atoms with Crippen molar-refractivity contribution in [2.24, 2.45) is 7.05 Å². The molecule has 1 amide bonds. The van der Waals surface area contributed by atoms with Crippen LogP contribution in [0.15, 0.2) is 16.8 Å². The molecule has 2 rings (SSSR count). The Labute approximate surface area is 117 Å². The predicted molar refractivity (Wildman–Crippen MR) is 70.7 cm³/mol. The number of aromatic nitrogens is 4. The molecule has 0 saturated carbocycles. The largest absolute Gasteiger partial charge is 0.415 e. The van der Waals surface area contributed by atoms with E-state index >= 15 is 0 Å². The summed E-state index contributed by atoms with van der Waals surface area (Å²) in [5.74, 6) is 0.890. The van der Waals surface area contributed by atoms with Crippen molar-refractivity contribution in [1.82, 2.24) is 29.5 Å². The van der Waals surface area contributed by atoms with Gasteiger partial charge in [0.1, 0.15) is 5.82 Å². The van der Waals surface area contributed by atoms with Gasteiger partial charge in [-0.1, -0.05) is 0 Å². The topological polar surface area (TPSA) is 80.3 Å². The molecule has 8 nitrogen and oxygen atoms in total. The predicted octanol–water partition coefficient (Wildman–Crippen LogP) is 0.137. The average molecular weight is 278 g/mol. The van der Waals surface area contributed by atoms with Crippen LogP contribution < -0.4 is 0 Å². The Kier molecular flexibility index (Phi) is 4.14. The summed E-state index contributed by atoms with van der Waals surface area (Å²) in [6.45, 7) is 0.886. The monoisotopic (exact) mass is 278 g/mol. The van der Waals surface area contributed by atoms with Crippen molar-refractivity contribution in [2.45, 2.75) is 13.1 Å². The third-order valence-corrected chi connectivity index (χ3v) is 2.75. The second-order valence-electron chi connectivity index (χ2n) is 4.85. The van der Waals surface area contributed by atoms with Gasteiger partial charge in [0.2, 0.25) is 5.89 Å². The van der Waals surface area contributed by atoms with Gasteiger partial charge in [-0.3, -0.25) is 4.79 Å². The van der Waals surface area contributed by atoms with Gasteiger partial charge in [-0.05, 0) is 14.1 Å². The van der Waals surface area contributed by atoms with Crippen molar-refractivity contribution in [3.05, 3.63) is 30.0 Å². The van der Waals surface area contributed by atoms with Gasteiger partial charge in [-0.15, -0.1) is 10.2 Å². The van der Waals surface area contributed by atoms with E-state index in [0.29, 0.717) is 19.0 Å². The van der Waals surface area contributed by atoms with Crippen LogP contribution in [0.2, 0.25) is 0 Å². The zero-order valence-electron chi connectivity index (χ0n) is 12.1. The molecule has 0 bridgehead atoms. The van der Waals surface area contributed by atoms with Crippen molar-refractivity contribution in [3.63, 3.8) is 0 Å². The lowest BCUT2D eigenvalue weighted by Gasteiger charge is -2.14. The maximum absolute atomic E-state index is 12.2. The molecule has 0 saturated heterocycles. The lowest BCUT2D eigenvalue weighted by atomic mass is 10.4. The zero-order valence-corrected chi connectivity index (χ0v) is 12.1. The highest BCUT2D eigenvalue weighted by atomic mass is 16.4. The first-order chi connectivity index (χ1) is 9.47. The summed E-state index contributed by atoms with van der Waals surface area (Å²) in [7, 11) is 7.33. The highest BCUT2D eigenvalue weighted by Gasteiger charge is 2.20. The summed E-state index contributed by atoms with van der Waals surface area (Å²) >= 11 is 0. The molecule has 0 fully saturated rings. The number of rotatable bonds is 5. The van der Waals surface area contributed by atoms with E-state index in [1.165, 1.54) is 4.90 Å². The highest BCUT2D eigenvalue weighted by molar-refractivity contribution is 5.89. The Morgan fingerprint density at radius 1 is 1.30 bits per heavy atom. The van der Waals surface area contributed by atoms with Crippen LogP contribution >= 0.6 is 0 Å². The number of aryl methyl sites for hydroxylation is 1. The number of amides is 1. The second kappa shape index (κ2) is 5.83. The van der Waals surface area contributed by atoms with E-state index in [-0.39, 0.29) is 11.8 Å². The number of hydrogen-bond acceptors (Lipinski definition) is 6. The summed E-state index contributed by atoms with van der Waals surface area (Å²) in [5, 5.41) is 7.63. The molecular formula is C12H18N6O2. The molecule has 0 radical (unpaired) electrons. The van der Waals surface area contributed by atoms with Gasteiger partial charge in [0, 0.05) is 26.5 Å². The molecule has 0 atom stereocenters. The molecule has 2 heterocycles. The molecule has 8 heteroatoms. The van der Waals surface area contributed by atoms with Crippen LogP contribution in [0, 0.1) is 0 Å². The van der Waals surface area contributed by atoms with Crippen LogP contribution in [0.25, 0.3) is 0 Å². The van der Waals surface area contributed by atoms with Gasteiger partial charge < -0.3 is 18.8 Å². The van der Waals surface area contributed by atoms with Crippen molar-refractivity contribution < 1.29 is 9.21 Å². The summed E-state index contributed by atoms with van der Waals surface area (Å²) in [6, 6.07) is 0. The van der Waals surface area contributed by atoms with Crippen LogP contribution in [0.5, 0.6) is 0 Å². The van der Waals surface area contributed by atoms with Crippen LogP contribution in [0.3, 0.4) is 0 Å². The first-order valence-corrected chi connectivity index (χ1v) is 6.16. The fourth-order valence-corrected chi connectivity index (χ4v) is 1.67. The summed E-state index contributed by atoms with van der Waals surface area (Å²) in [6.07, 6.45) is 3.52. The number of imidazole rings is 1. The van der Waals surface area contributed by atoms with Crippen molar-refractivity contribution in [1.29, 1.82) is 0 Å². The maximum atomic E-state index is 12.2. The molecule has 2 aromatic heterocycles. The van der Waals surface area contributed by atoms with Crippen molar-refractivity contribution >= 4 is 5.91 Å². The lowest BCUT2D eigenvalue weighted by molar-refractivity contribution is 0.0737. The van der Waals surface area contributed by atoms with Gasteiger partial charge in [-0.25, -0.2) is 4.98 Å². The van der Waals surface area contributed by atoms with Crippen molar-refractivity contribution in [2.75, 3.05) is 21.1 Å². The third-order valence-electron chi connectivity index (χ3n) is 2.75. The molecule has 0 aliphatic carbocycles. The molecule has 0 aliphatic rings. The standard InChI is InChI=1S/C12H18N6O2/c1-16(2)8-10-14-15-11(20-10)12(19)18(4)7-9-13-5-6-17(9)3/h5-6H,7-8H2,1-4H3. The molecular weight excluding hydrogens is 260 g/mol. The Morgan fingerprint density at radius 2 is 2.05 bits per heavy atom. The van der Waals surface area contributed by atoms with E-state index in [9.17, 15) is 4.79 Å². The molecule has 0 unspecified atom stereocenters. The van der Waals surface area contributed by atoms with Crippen LogP contribution in [-0.2, 0) is 20.1 Å². The number of carbonyl (C=O) groups is 1. The summed E-state index contributed by atoms with van der Waals surface area (Å²) < 4.78 is 7.20. The quantitative estimate of drug-likeness (QED) is 0.773. The van der Waals surface area contributed by atoms with E-state index in [1.807, 2.05) is 36.8 Å². The molecule has 108 valence electrons. The zero-order chi connectivity index (χ0) is 14.7. The maximum Gasteiger partial charge on any atom is 0.311 e. The highest BCUT2D eigenvalue weighted by Crippen LogP contribution is 2.07. The fourth-order valence-electron chi connectivity index (χ4n) is 1.67. The van der Waals surface area contributed by atoms with Gasteiger partial charge in [0.05, 0.1) is 13.1 Å². The van der Waals surface area contributed by atoms with Gasteiger partial charge in [0.15, 0.2) is 0 Å². The normalized spacial score (nSPS) is 11.1. The number of nitrogens with zero attached hydrogens (tertiary/aromatic N) is 6. The third kappa shape index (κ3) is 3.21. The van der Waals surface area contributed by atoms with Crippen LogP contribution in [0.1, 0.15) is 22.4 Å². The molecule has 0 N–H and O–H groups in total. The minimum Gasteiger partial charge on any atom is -0.415 e. The van der Waals surface area contributed by atoms with Gasteiger partial charge >= 0.3 is 11.8 Å². The van der Waals surface area contributed by atoms with E-state index in [2.05, 4.69) is 15.2 Å². The molecule has 0 spiro atoms. The van der Waals surface area contributed by atoms with E-state index in [4.69, 9.17) is 4.42 Å². The minimum atomic E-state index is -0.314. The lowest BCUT2D eigenvalue weighted by Crippen LogP contribution is -2.27. The minimum absolute atomic E-state index is 0.00133. The Balaban J connectivity index is 2.03. The molecule has 2 aromatic rings. The summed E-state index contributed by atoms with van der Waals surface area (Å²) in [4.78, 5) is 19.7. The first-order valence-electron chi connectivity index (χ1n) is 6.16. The van der Waals surface area contributed by atoms with E-state index < -0.39 is 0 Å². The van der Waals surface area contributed by atoms with Crippen LogP contribution in [0.4, 0.5) is 0 Å². The van der Waals surface area contributed by atoms with E-state index in [1.54, 1.807) is 13.2 Å². The Hall–Kier alpha value is -2.22. The molecule has 20 heavy (non-hydrogen) atoms. The first kappa shape index (κ1) is 14.2. The fraction of sp³-hybridized carbons (Fsp3) is 0.500. The van der Waals surface area contributed by atoms with Gasteiger partial charge in [-0.2, -0.15) is 0 Å². The van der Waals surface area contributed by atoms with Gasteiger partial charge in [0.25, 0.3) is 0 Å². The Morgan fingerprint density at radius 3 is 2.65 bits per heavy atom. The number of carbonyl (C=O) groups excluding carboxylic acids is 1. The summed E-state index contributed by atoms with van der Waals surface area (Å²) in [5.41, 5.74) is 0. The van der Waals surface area contributed by atoms with E-state index in [0.717, 1.165) is 5.82 Å². The number of hydrogen-bond donors (Lipinski definition) is 0. The average Bonchev–Trinajstić information content (AvgIpc) is 2.98. The molecule has 0 aliphatic heterocycles. The second-order valence-corrected chi connectivity index (χ2v) is 4.85. The smallest absolute Gasteiger partial charge is 0.311 e. The molecule has 0 aromatic carbocycles.